The highest BCUT2D eigenvalue weighted by atomic mass is 16.4. The second-order valence-corrected chi connectivity index (χ2v) is 4.50. The van der Waals surface area contributed by atoms with Crippen LogP contribution in [0.4, 0.5) is 10.6 Å². The number of carboxylic acid groups (broad SMARTS) is 1. The Labute approximate surface area is 120 Å². The molecule has 1 aromatic carbocycles. The zero-order valence-electron chi connectivity index (χ0n) is 11.3. The van der Waals surface area contributed by atoms with Gasteiger partial charge in [-0.05, 0) is 12.1 Å². The third-order valence-corrected chi connectivity index (χ3v) is 2.95. The number of para-hydroxylation sites is 1. The van der Waals surface area contributed by atoms with Gasteiger partial charge < -0.3 is 5.11 Å². The molecule has 0 aliphatic carbocycles. The summed E-state index contributed by atoms with van der Waals surface area (Å²) in [5, 5.41) is 19.9. The molecule has 0 fully saturated rings. The Bertz CT molecular complexity index is 776. The van der Waals surface area contributed by atoms with E-state index in [1.807, 2.05) is 43.6 Å². The summed E-state index contributed by atoms with van der Waals surface area (Å²) in [5.74, 6) is 0.382. The largest absolute Gasteiger partial charge is 0.465 e. The van der Waals surface area contributed by atoms with E-state index in [9.17, 15) is 4.79 Å². The van der Waals surface area contributed by atoms with E-state index >= 15 is 0 Å². The highest BCUT2D eigenvalue weighted by Crippen LogP contribution is 2.24. The average Bonchev–Trinajstić information content (AvgIpc) is 3.06. The smallest absolute Gasteiger partial charge is 0.410 e. The summed E-state index contributed by atoms with van der Waals surface area (Å²) in [7, 11) is 1.81. The molecule has 2 heterocycles. The molecule has 0 atom stereocenters. The van der Waals surface area contributed by atoms with Crippen molar-refractivity contribution >= 4 is 11.9 Å². The van der Waals surface area contributed by atoms with Gasteiger partial charge in [-0.2, -0.15) is 10.2 Å². The number of rotatable bonds is 3. The first-order chi connectivity index (χ1) is 10.1. The molecule has 3 aromatic rings. The Balaban J connectivity index is 2.09. The fraction of sp³-hybridized carbons (Fsp3) is 0.0714. The predicted octanol–water partition coefficient (Wildman–Crippen LogP) is 2.36. The molecule has 2 N–H and O–H groups in total. The molecular weight excluding hydrogens is 270 g/mol. The lowest BCUT2D eigenvalue weighted by Crippen LogP contribution is -2.11. The molecule has 0 aliphatic heterocycles. The van der Waals surface area contributed by atoms with Crippen molar-refractivity contribution in [2.75, 3.05) is 5.32 Å². The maximum absolute atomic E-state index is 10.9. The Kier molecular flexibility index (Phi) is 3.15. The number of anilines is 1. The third-order valence-electron chi connectivity index (χ3n) is 2.95. The number of nitrogens with zero attached hydrogens (tertiary/aromatic N) is 4. The van der Waals surface area contributed by atoms with E-state index in [2.05, 4.69) is 15.5 Å². The second-order valence-electron chi connectivity index (χ2n) is 4.50. The lowest BCUT2D eigenvalue weighted by molar-refractivity contribution is 0.209. The van der Waals surface area contributed by atoms with Gasteiger partial charge in [0.15, 0.2) is 0 Å². The molecule has 2 aromatic heterocycles. The van der Waals surface area contributed by atoms with Crippen LogP contribution in [0, 0.1) is 0 Å². The Morgan fingerprint density at radius 1 is 1.29 bits per heavy atom. The average molecular weight is 283 g/mol. The SMILES string of the molecule is Cn1cc(-c2cc(NC(=O)O)n(-c3ccccc3)n2)cn1. The number of aryl methyl sites for hydroxylation is 1. The maximum Gasteiger partial charge on any atom is 0.410 e. The van der Waals surface area contributed by atoms with Gasteiger partial charge in [-0.25, -0.2) is 9.48 Å². The van der Waals surface area contributed by atoms with Crippen LogP contribution in [0.2, 0.25) is 0 Å². The normalized spacial score (nSPS) is 10.5. The van der Waals surface area contributed by atoms with Gasteiger partial charge >= 0.3 is 6.09 Å². The molecule has 0 bridgehead atoms. The number of hydrogen-bond acceptors (Lipinski definition) is 3. The van der Waals surface area contributed by atoms with Gasteiger partial charge in [0.2, 0.25) is 0 Å². The van der Waals surface area contributed by atoms with Crippen molar-refractivity contribution in [2.45, 2.75) is 0 Å². The van der Waals surface area contributed by atoms with E-state index < -0.39 is 6.09 Å². The van der Waals surface area contributed by atoms with E-state index in [0.717, 1.165) is 11.3 Å². The molecule has 0 aliphatic rings. The Morgan fingerprint density at radius 2 is 2.05 bits per heavy atom. The van der Waals surface area contributed by atoms with Crippen LogP contribution in [0.1, 0.15) is 0 Å². The zero-order valence-corrected chi connectivity index (χ0v) is 11.3. The highest BCUT2D eigenvalue weighted by molar-refractivity contribution is 5.83. The molecule has 3 rings (SSSR count). The van der Waals surface area contributed by atoms with Crippen molar-refractivity contribution < 1.29 is 9.90 Å². The first kappa shape index (κ1) is 12.9. The van der Waals surface area contributed by atoms with Gasteiger partial charge in [-0.15, -0.1) is 0 Å². The van der Waals surface area contributed by atoms with Crippen molar-refractivity contribution in [3.05, 3.63) is 48.8 Å². The van der Waals surface area contributed by atoms with Crippen molar-refractivity contribution in [3.8, 4) is 16.9 Å². The Hall–Kier alpha value is -3.09. The molecule has 0 saturated heterocycles. The van der Waals surface area contributed by atoms with Crippen LogP contribution in [0.5, 0.6) is 0 Å². The molecule has 0 unspecified atom stereocenters. The molecule has 1 amide bonds. The summed E-state index contributed by atoms with van der Waals surface area (Å²) in [4.78, 5) is 10.9. The summed E-state index contributed by atoms with van der Waals surface area (Å²) in [6.07, 6.45) is 2.37. The maximum atomic E-state index is 10.9. The van der Waals surface area contributed by atoms with Crippen LogP contribution in [-0.4, -0.2) is 30.8 Å². The van der Waals surface area contributed by atoms with Gasteiger partial charge in [0.25, 0.3) is 0 Å². The first-order valence-corrected chi connectivity index (χ1v) is 6.28. The van der Waals surface area contributed by atoms with E-state index in [1.54, 1.807) is 21.6 Å². The summed E-state index contributed by atoms with van der Waals surface area (Å²) < 4.78 is 3.22. The van der Waals surface area contributed by atoms with Crippen molar-refractivity contribution in [2.24, 2.45) is 7.05 Å². The fourth-order valence-corrected chi connectivity index (χ4v) is 2.04. The number of hydrogen-bond donors (Lipinski definition) is 2. The summed E-state index contributed by atoms with van der Waals surface area (Å²) in [6.45, 7) is 0. The van der Waals surface area contributed by atoms with Gasteiger partial charge in [0.1, 0.15) is 5.82 Å². The van der Waals surface area contributed by atoms with Crippen LogP contribution >= 0.6 is 0 Å². The van der Waals surface area contributed by atoms with E-state index in [4.69, 9.17) is 5.11 Å². The number of nitrogens with one attached hydrogen (secondary N) is 1. The number of carbonyl (C=O) groups is 1. The second kappa shape index (κ2) is 5.12. The van der Waals surface area contributed by atoms with Gasteiger partial charge in [0, 0.05) is 24.9 Å². The van der Waals surface area contributed by atoms with Crippen molar-refractivity contribution in [1.82, 2.24) is 19.6 Å². The predicted molar refractivity (Wildman–Crippen MR) is 77.4 cm³/mol. The third kappa shape index (κ3) is 2.62. The zero-order chi connectivity index (χ0) is 14.8. The quantitative estimate of drug-likeness (QED) is 0.772. The molecule has 7 heteroatoms. The Morgan fingerprint density at radius 3 is 2.67 bits per heavy atom. The van der Waals surface area contributed by atoms with Crippen molar-refractivity contribution in [1.29, 1.82) is 0 Å². The fourth-order valence-electron chi connectivity index (χ4n) is 2.04. The van der Waals surface area contributed by atoms with E-state index in [-0.39, 0.29) is 0 Å². The van der Waals surface area contributed by atoms with E-state index in [0.29, 0.717) is 11.5 Å². The topological polar surface area (TPSA) is 85.0 Å². The molecule has 0 saturated carbocycles. The molecule has 0 radical (unpaired) electrons. The molecule has 7 nitrogen and oxygen atoms in total. The minimum Gasteiger partial charge on any atom is -0.465 e. The number of aromatic nitrogens is 4. The van der Waals surface area contributed by atoms with Gasteiger partial charge in [-0.1, -0.05) is 18.2 Å². The first-order valence-electron chi connectivity index (χ1n) is 6.28. The summed E-state index contributed by atoms with van der Waals surface area (Å²) in [5.41, 5.74) is 2.24. The van der Waals surface area contributed by atoms with Crippen LogP contribution in [0.25, 0.3) is 16.9 Å². The number of amides is 1. The van der Waals surface area contributed by atoms with Crippen molar-refractivity contribution in [3.63, 3.8) is 0 Å². The number of benzene rings is 1. The molecule has 106 valence electrons. The lowest BCUT2D eigenvalue weighted by Gasteiger charge is -2.05. The molecular formula is C14H13N5O2. The summed E-state index contributed by atoms with van der Waals surface area (Å²) >= 11 is 0. The lowest BCUT2D eigenvalue weighted by atomic mass is 10.2. The standard InChI is InChI=1S/C14H13N5O2/c1-18-9-10(8-15-18)12-7-13(16-14(20)21)19(17-12)11-5-3-2-4-6-11/h2-9,16H,1H3,(H,20,21). The molecule has 0 spiro atoms. The minimum atomic E-state index is -1.13. The monoisotopic (exact) mass is 283 g/mol. The van der Waals surface area contributed by atoms with Crippen LogP contribution in [0.3, 0.4) is 0 Å². The van der Waals surface area contributed by atoms with Gasteiger partial charge in [0.05, 0.1) is 17.6 Å². The highest BCUT2D eigenvalue weighted by Gasteiger charge is 2.13. The van der Waals surface area contributed by atoms with Crippen LogP contribution in [-0.2, 0) is 7.05 Å². The van der Waals surface area contributed by atoms with Crippen LogP contribution < -0.4 is 5.32 Å². The van der Waals surface area contributed by atoms with Crippen LogP contribution in [0.15, 0.2) is 48.8 Å². The minimum absolute atomic E-state index is 0.382. The summed E-state index contributed by atoms with van der Waals surface area (Å²) in [6, 6.07) is 11.0. The molecule has 21 heavy (non-hydrogen) atoms. The van der Waals surface area contributed by atoms with Gasteiger partial charge in [-0.3, -0.25) is 10.00 Å². The van der Waals surface area contributed by atoms with E-state index in [1.165, 1.54) is 0 Å².